The van der Waals surface area contributed by atoms with Crippen LogP contribution >= 0.6 is 0 Å². The van der Waals surface area contributed by atoms with E-state index in [2.05, 4.69) is 4.98 Å². The smallest absolute Gasteiger partial charge is 0.277 e. The van der Waals surface area contributed by atoms with Crippen LogP contribution in [0, 0.1) is 12.8 Å². The Bertz CT molecular complexity index is 440. The fraction of sp³-hybridized carbons (Fsp3) is 0.667. The van der Waals surface area contributed by atoms with E-state index in [1.807, 2.05) is 0 Å². The third-order valence-electron chi connectivity index (χ3n) is 2.15. The van der Waals surface area contributed by atoms with E-state index in [4.69, 9.17) is 9.52 Å². The quantitative estimate of drug-likeness (QED) is 0.806. The third kappa shape index (κ3) is 2.81. The van der Waals surface area contributed by atoms with Gasteiger partial charge < -0.3 is 9.52 Å². The van der Waals surface area contributed by atoms with Gasteiger partial charge in [0.1, 0.15) is 0 Å². The summed E-state index contributed by atoms with van der Waals surface area (Å²) in [6.07, 6.45) is 1.19. The molecule has 0 saturated carbocycles. The summed E-state index contributed by atoms with van der Waals surface area (Å²) in [5.74, 6) is 0.186. The zero-order valence-electron chi connectivity index (χ0n) is 9.54. The molecule has 1 aromatic rings. The molecule has 0 aliphatic heterocycles. The monoisotopic (exact) mass is 248 g/mol. The van der Waals surface area contributed by atoms with Gasteiger partial charge in [-0.3, -0.25) is 0 Å². The molecule has 6 nitrogen and oxygen atoms in total. The fourth-order valence-corrected chi connectivity index (χ4v) is 2.38. The first kappa shape index (κ1) is 13.1. The van der Waals surface area contributed by atoms with Gasteiger partial charge in [0.05, 0.1) is 6.20 Å². The average molecular weight is 248 g/mol. The van der Waals surface area contributed by atoms with E-state index in [0.29, 0.717) is 5.89 Å². The van der Waals surface area contributed by atoms with Crippen molar-refractivity contribution in [2.75, 3.05) is 20.2 Å². The highest BCUT2D eigenvalue weighted by Gasteiger charge is 2.25. The van der Waals surface area contributed by atoms with Crippen molar-refractivity contribution in [1.29, 1.82) is 0 Å². The van der Waals surface area contributed by atoms with Crippen LogP contribution in [0.3, 0.4) is 0 Å². The molecular formula is C9H16N2O4S. The standard InChI is InChI=1S/C9H16N2O4S/c1-7(6-12)5-11(3)16(13,14)9-4-10-8(2)15-9/h4,7,12H,5-6H2,1-3H3. The maximum atomic E-state index is 11.9. The molecule has 0 aliphatic rings. The first-order chi connectivity index (χ1) is 7.37. The van der Waals surface area contributed by atoms with E-state index in [1.54, 1.807) is 13.8 Å². The molecule has 0 fully saturated rings. The number of aliphatic hydroxyl groups is 1. The van der Waals surface area contributed by atoms with Crippen molar-refractivity contribution >= 4 is 10.0 Å². The maximum Gasteiger partial charge on any atom is 0.277 e. The topological polar surface area (TPSA) is 83.6 Å². The van der Waals surface area contributed by atoms with Gasteiger partial charge in [-0.1, -0.05) is 6.92 Å². The van der Waals surface area contributed by atoms with Gasteiger partial charge >= 0.3 is 0 Å². The van der Waals surface area contributed by atoms with Crippen molar-refractivity contribution < 1.29 is 17.9 Å². The van der Waals surface area contributed by atoms with Crippen LogP contribution in [0.1, 0.15) is 12.8 Å². The Kier molecular flexibility index (Phi) is 4.06. The number of aryl methyl sites for hydroxylation is 1. The molecule has 0 aliphatic carbocycles. The second-order valence-electron chi connectivity index (χ2n) is 3.77. The first-order valence-corrected chi connectivity index (χ1v) is 6.31. The molecule has 0 spiro atoms. The molecule has 0 bridgehead atoms. The van der Waals surface area contributed by atoms with Crippen molar-refractivity contribution in [3.05, 3.63) is 12.1 Å². The van der Waals surface area contributed by atoms with Crippen LogP contribution in [0.4, 0.5) is 0 Å². The SMILES string of the molecule is Cc1ncc(S(=O)(=O)N(C)CC(C)CO)o1. The number of aromatic nitrogens is 1. The highest BCUT2D eigenvalue weighted by Crippen LogP contribution is 2.16. The molecule has 1 atom stereocenters. The van der Waals surface area contributed by atoms with Crippen molar-refractivity contribution in [2.45, 2.75) is 18.9 Å². The summed E-state index contributed by atoms with van der Waals surface area (Å²) < 4.78 is 29.9. The van der Waals surface area contributed by atoms with Crippen molar-refractivity contribution in [3.63, 3.8) is 0 Å². The predicted molar refractivity (Wildman–Crippen MR) is 57.3 cm³/mol. The minimum Gasteiger partial charge on any atom is -0.428 e. The zero-order valence-corrected chi connectivity index (χ0v) is 10.4. The minimum atomic E-state index is -3.63. The number of aliphatic hydroxyl groups excluding tert-OH is 1. The summed E-state index contributed by atoms with van der Waals surface area (Å²) >= 11 is 0. The van der Waals surface area contributed by atoms with Crippen LogP contribution in [0.2, 0.25) is 0 Å². The van der Waals surface area contributed by atoms with Gasteiger partial charge in [-0.05, 0) is 5.92 Å². The summed E-state index contributed by atoms with van der Waals surface area (Å²) in [7, 11) is -2.19. The highest BCUT2D eigenvalue weighted by atomic mass is 32.2. The molecule has 0 saturated heterocycles. The summed E-state index contributed by atoms with van der Waals surface area (Å²) in [6.45, 7) is 3.51. The largest absolute Gasteiger partial charge is 0.428 e. The van der Waals surface area contributed by atoms with Crippen LogP contribution in [0.15, 0.2) is 15.7 Å². The van der Waals surface area contributed by atoms with E-state index in [1.165, 1.54) is 13.2 Å². The molecule has 1 N–H and O–H groups in total. The maximum absolute atomic E-state index is 11.9. The highest BCUT2D eigenvalue weighted by molar-refractivity contribution is 7.89. The molecule has 0 amide bonds. The van der Waals surface area contributed by atoms with Gasteiger partial charge in [0, 0.05) is 27.1 Å². The summed E-state index contributed by atoms with van der Waals surface area (Å²) in [5, 5.41) is 8.70. The van der Waals surface area contributed by atoms with Gasteiger partial charge in [0.2, 0.25) is 0 Å². The van der Waals surface area contributed by atoms with Crippen molar-refractivity contribution in [1.82, 2.24) is 9.29 Å². The molecule has 1 rings (SSSR count). The molecule has 0 radical (unpaired) electrons. The van der Waals surface area contributed by atoms with E-state index in [9.17, 15) is 8.42 Å². The Morgan fingerprint density at radius 2 is 2.25 bits per heavy atom. The second kappa shape index (κ2) is 4.94. The normalized spacial score (nSPS) is 14.3. The lowest BCUT2D eigenvalue weighted by Gasteiger charge is -2.18. The van der Waals surface area contributed by atoms with Crippen LogP contribution in [-0.2, 0) is 10.0 Å². The van der Waals surface area contributed by atoms with E-state index in [-0.39, 0.29) is 24.2 Å². The average Bonchev–Trinajstić information content (AvgIpc) is 2.65. The van der Waals surface area contributed by atoms with Gasteiger partial charge in [0.15, 0.2) is 5.89 Å². The lowest BCUT2D eigenvalue weighted by Crippen LogP contribution is -2.32. The van der Waals surface area contributed by atoms with Crippen LogP contribution in [-0.4, -0.2) is 43.0 Å². The van der Waals surface area contributed by atoms with Gasteiger partial charge in [-0.2, -0.15) is 4.31 Å². The van der Waals surface area contributed by atoms with Crippen LogP contribution in [0.5, 0.6) is 0 Å². The Hall–Kier alpha value is -0.920. The molecular weight excluding hydrogens is 232 g/mol. The second-order valence-corrected chi connectivity index (χ2v) is 5.75. The Morgan fingerprint density at radius 3 is 2.69 bits per heavy atom. The summed E-state index contributed by atoms with van der Waals surface area (Å²) in [5.41, 5.74) is 0. The lowest BCUT2D eigenvalue weighted by atomic mass is 10.2. The number of nitrogens with zero attached hydrogens (tertiary/aromatic N) is 2. The Morgan fingerprint density at radius 1 is 1.62 bits per heavy atom. The minimum absolute atomic E-state index is 0.0602. The predicted octanol–water partition coefficient (Wildman–Crippen LogP) is 0.232. The lowest BCUT2D eigenvalue weighted by molar-refractivity contribution is 0.218. The van der Waals surface area contributed by atoms with Crippen LogP contribution in [0.25, 0.3) is 0 Å². The number of oxazole rings is 1. The van der Waals surface area contributed by atoms with E-state index < -0.39 is 10.0 Å². The number of rotatable bonds is 5. The molecule has 0 aromatic carbocycles. The van der Waals surface area contributed by atoms with Gasteiger partial charge in [-0.25, -0.2) is 13.4 Å². The third-order valence-corrected chi connectivity index (χ3v) is 3.81. The summed E-state index contributed by atoms with van der Waals surface area (Å²) in [4.78, 5) is 3.74. The molecule has 1 aromatic heterocycles. The molecule has 16 heavy (non-hydrogen) atoms. The molecule has 92 valence electrons. The zero-order chi connectivity index (χ0) is 12.3. The van der Waals surface area contributed by atoms with Crippen molar-refractivity contribution in [2.24, 2.45) is 5.92 Å². The fourth-order valence-electron chi connectivity index (χ4n) is 1.21. The van der Waals surface area contributed by atoms with Gasteiger partial charge in [-0.15, -0.1) is 0 Å². The number of hydrogen-bond donors (Lipinski definition) is 1. The van der Waals surface area contributed by atoms with Crippen molar-refractivity contribution in [3.8, 4) is 0 Å². The molecule has 1 unspecified atom stereocenters. The Labute approximate surface area is 94.9 Å². The number of sulfonamides is 1. The van der Waals surface area contributed by atoms with E-state index >= 15 is 0 Å². The molecule has 7 heteroatoms. The van der Waals surface area contributed by atoms with Gasteiger partial charge in [0.25, 0.3) is 15.1 Å². The molecule has 1 heterocycles. The first-order valence-electron chi connectivity index (χ1n) is 4.87. The Balaban J connectivity index is 2.86. The number of hydrogen-bond acceptors (Lipinski definition) is 5. The van der Waals surface area contributed by atoms with Crippen LogP contribution < -0.4 is 0 Å². The van der Waals surface area contributed by atoms with E-state index in [0.717, 1.165) is 4.31 Å². The summed E-state index contributed by atoms with van der Waals surface area (Å²) in [6, 6.07) is 0.